The van der Waals surface area contributed by atoms with E-state index >= 15 is 0 Å². The molecule has 1 N–H and O–H groups in total. The van der Waals surface area contributed by atoms with Crippen LogP contribution in [0.4, 0.5) is 5.69 Å². The van der Waals surface area contributed by atoms with Gasteiger partial charge in [0.05, 0.1) is 13.2 Å². The quantitative estimate of drug-likeness (QED) is 0.546. The number of nitrogens with one attached hydrogen (secondary N) is 1. The average molecular weight is 364 g/mol. The minimum Gasteiger partial charge on any atom is -0.490 e. The summed E-state index contributed by atoms with van der Waals surface area (Å²) in [5, 5.41) is 12.1. The molecule has 0 fully saturated rings. The first-order valence-corrected chi connectivity index (χ1v) is 8.91. The fourth-order valence-corrected chi connectivity index (χ4v) is 2.29. The Kier molecular flexibility index (Phi) is 7.45. The monoisotopic (exact) mass is 364 g/mol. The van der Waals surface area contributed by atoms with Crippen LogP contribution in [0.2, 0.25) is 0 Å². The zero-order chi connectivity index (χ0) is 19.6. The summed E-state index contributed by atoms with van der Waals surface area (Å²) in [7, 11) is 0. The average Bonchev–Trinajstić information content (AvgIpc) is 2.66. The van der Waals surface area contributed by atoms with Crippen molar-refractivity contribution >= 4 is 17.7 Å². The highest BCUT2D eigenvalue weighted by atomic mass is 16.5. The largest absolute Gasteiger partial charge is 0.490 e. The molecule has 0 aromatic heterocycles. The molecule has 2 aromatic rings. The van der Waals surface area contributed by atoms with Crippen LogP contribution in [0.3, 0.4) is 0 Å². The van der Waals surface area contributed by atoms with E-state index in [1.54, 1.807) is 30.3 Å². The number of ether oxygens (including phenoxy) is 2. The van der Waals surface area contributed by atoms with E-state index in [0.717, 1.165) is 0 Å². The Bertz CT molecular complexity index is 836. The fourth-order valence-electron chi connectivity index (χ4n) is 2.29. The van der Waals surface area contributed by atoms with Crippen LogP contribution in [0, 0.1) is 17.2 Å². The van der Waals surface area contributed by atoms with Gasteiger partial charge in [-0.2, -0.15) is 5.26 Å². The fraction of sp³-hybridized carbons (Fsp3) is 0.273. The molecule has 5 nitrogen and oxygen atoms in total. The van der Waals surface area contributed by atoms with Gasteiger partial charge in [0.2, 0.25) is 0 Å². The molecule has 0 bridgehead atoms. The number of carbonyl (C=O) groups is 1. The minimum absolute atomic E-state index is 0.0113. The van der Waals surface area contributed by atoms with Gasteiger partial charge in [0.15, 0.2) is 11.5 Å². The predicted octanol–water partition coefficient (Wildman–Crippen LogP) is 4.67. The molecule has 0 saturated heterocycles. The van der Waals surface area contributed by atoms with Gasteiger partial charge in [-0.05, 0) is 48.7 Å². The normalized spacial score (nSPS) is 11.0. The molecule has 0 aliphatic heterocycles. The van der Waals surface area contributed by atoms with Gasteiger partial charge in [0, 0.05) is 5.69 Å². The smallest absolute Gasteiger partial charge is 0.266 e. The summed E-state index contributed by atoms with van der Waals surface area (Å²) in [6.45, 7) is 7.11. The standard InChI is InChI=1S/C22H24N2O3/c1-4-26-21-13-17(10-11-20(21)27-15-16(2)3)12-18(14-23)22(25)24-19-8-6-5-7-9-19/h5-13,16H,4,15H2,1-3H3,(H,24,25)/b18-12+. The van der Waals surface area contributed by atoms with Gasteiger partial charge in [-0.15, -0.1) is 0 Å². The molecule has 0 heterocycles. The van der Waals surface area contributed by atoms with Gasteiger partial charge in [-0.1, -0.05) is 38.1 Å². The first-order valence-electron chi connectivity index (χ1n) is 8.91. The van der Waals surface area contributed by atoms with Crippen molar-refractivity contribution in [1.29, 1.82) is 5.26 Å². The van der Waals surface area contributed by atoms with Crippen LogP contribution in [0.1, 0.15) is 26.3 Å². The molecule has 140 valence electrons. The lowest BCUT2D eigenvalue weighted by Gasteiger charge is -2.14. The van der Waals surface area contributed by atoms with Crippen LogP contribution in [0.15, 0.2) is 54.1 Å². The number of hydrogen-bond acceptors (Lipinski definition) is 4. The molecule has 2 aromatic carbocycles. The molecule has 0 atom stereocenters. The third-order valence-corrected chi connectivity index (χ3v) is 3.55. The number of rotatable bonds is 8. The van der Waals surface area contributed by atoms with Crippen molar-refractivity contribution in [2.75, 3.05) is 18.5 Å². The first-order chi connectivity index (χ1) is 13.0. The van der Waals surface area contributed by atoms with Crippen LogP contribution < -0.4 is 14.8 Å². The highest BCUT2D eigenvalue weighted by Gasteiger charge is 2.11. The van der Waals surface area contributed by atoms with Gasteiger partial charge >= 0.3 is 0 Å². The van der Waals surface area contributed by atoms with E-state index < -0.39 is 5.91 Å². The second-order valence-corrected chi connectivity index (χ2v) is 6.33. The molecular weight excluding hydrogens is 340 g/mol. The second-order valence-electron chi connectivity index (χ2n) is 6.33. The van der Waals surface area contributed by atoms with Crippen LogP contribution in [0.5, 0.6) is 11.5 Å². The van der Waals surface area contributed by atoms with E-state index in [1.807, 2.05) is 31.2 Å². The maximum absolute atomic E-state index is 12.3. The summed E-state index contributed by atoms with van der Waals surface area (Å²) in [4.78, 5) is 12.3. The number of amides is 1. The van der Waals surface area contributed by atoms with Crippen molar-refractivity contribution in [2.45, 2.75) is 20.8 Å². The lowest BCUT2D eigenvalue weighted by atomic mass is 10.1. The number of anilines is 1. The van der Waals surface area contributed by atoms with E-state index in [9.17, 15) is 10.1 Å². The highest BCUT2D eigenvalue weighted by molar-refractivity contribution is 6.09. The Labute approximate surface area is 160 Å². The van der Waals surface area contributed by atoms with Crippen molar-refractivity contribution in [1.82, 2.24) is 0 Å². The van der Waals surface area contributed by atoms with E-state index in [0.29, 0.717) is 41.9 Å². The third-order valence-electron chi connectivity index (χ3n) is 3.55. The van der Waals surface area contributed by atoms with Crippen LogP contribution >= 0.6 is 0 Å². The van der Waals surface area contributed by atoms with Gasteiger partial charge in [-0.25, -0.2) is 0 Å². The number of hydrogen-bond donors (Lipinski definition) is 1. The minimum atomic E-state index is -0.457. The van der Waals surface area contributed by atoms with E-state index in [-0.39, 0.29) is 5.57 Å². The number of benzene rings is 2. The highest BCUT2D eigenvalue weighted by Crippen LogP contribution is 2.30. The summed E-state index contributed by atoms with van der Waals surface area (Å²) in [6.07, 6.45) is 1.53. The number of nitrogens with zero attached hydrogens (tertiary/aromatic N) is 1. The van der Waals surface area contributed by atoms with Crippen LogP contribution in [-0.2, 0) is 4.79 Å². The summed E-state index contributed by atoms with van der Waals surface area (Å²) in [5.41, 5.74) is 1.34. The Morgan fingerprint density at radius 3 is 2.52 bits per heavy atom. The van der Waals surface area contributed by atoms with E-state index in [4.69, 9.17) is 9.47 Å². The molecule has 0 unspecified atom stereocenters. The van der Waals surface area contributed by atoms with Crippen molar-refractivity contribution in [2.24, 2.45) is 5.92 Å². The van der Waals surface area contributed by atoms with Gasteiger partial charge < -0.3 is 14.8 Å². The Morgan fingerprint density at radius 2 is 1.89 bits per heavy atom. The maximum atomic E-state index is 12.3. The molecule has 0 aliphatic rings. The Hall–Kier alpha value is -3.26. The van der Waals surface area contributed by atoms with Crippen molar-refractivity contribution in [3.63, 3.8) is 0 Å². The topological polar surface area (TPSA) is 71.3 Å². The van der Waals surface area contributed by atoms with Crippen LogP contribution in [0.25, 0.3) is 6.08 Å². The van der Waals surface area contributed by atoms with Crippen molar-refractivity contribution in [3.05, 3.63) is 59.7 Å². The SMILES string of the molecule is CCOc1cc(/C=C(\C#N)C(=O)Nc2ccccc2)ccc1OCC(C)C. The predicted molar refractivity (Wildman–Crippen MR) is 107 cm³/mol. The summed E-state index contributed by atoms with van der Waals surface area (Å²) in [5.74, 6) is 1.18. The third kappa shape index (κ3) is 6.19. The Balaban J connectivity index is 2.22. The number of carbonyl (C=O) groups excluding carboxylic acids is 1. The number of nitriles is 1. The van der Waals surface area contributed by atoms with Gasteiger partial charge in [0.1, 0.15) is 11.6 Å². The van der Waals surface area contributed by atoms with Crippen molar-refractivity contribution in [3.8, 4) is 17.6 Å². The molecule has 0 aliphatic carbocycles. The zero-order valence-electron chi connectivity index (χ0n) is 15.9. The number of para-hydroxylation sites is 1. The molecule has 1 amide bonds. The van der Waals surface area contributed by atoms with E-state index in [2.05, 4.69) is 19.2 Å². The van der Waals surface area contributed by atoms with Crippen LogP contribution in [-0.4, -0.2) is 19.1 Å². The molecule has 0 saturated carbocycles. The molecule has 2 rings (SSSR count). The maximum Gasteiger partial charge on any atom is 0.266 e. The van der Waals surface area contributed by atoms with Gasteiger partial charge in [-0.3, -0.25) is 4.79 Å². The zero-order valence-corrected chi connectivity index (χ0v) is 15.9. The second kappa shape index (κ2) is 10.0. The summed E-state index contributed by atoms with van der Waals surface area (Å²) < 4.78 is 11.4. The first kappa shape index (κ1) is 20.1. The summed E-state index contributed by atoms with van der Waals surface area (Å²) >= 11 is 0. The lowest BCUT2D eigenvalue weighted by molar-refractivity contribution is -0.112. The molecule has 0 radical (unpaired) electrons. The molecule has 5 heteroatoms. The molecular formula is C22H24N2O3. The van der Waals surface area contributed by atoms with E-state index in [1.165, 1.54) is 6.08 Å². The molecule has 0 spiro atoms. The lowest BCUT2D eigenvalue weighted by Crippen LogP contribution is -2.13. The van der Waals surface area contributed by atoms with Crippen molar-refractivity contribution < 1.29 is 14.3 Å². The summed E-state index contributed by atoms with van der Waals surface area (Å²) in [6, 6.07) is 16.3. The Morgan fingerprint density at radius 1 is 1.15 bits per heavy atom. The molecule has 27 heavy (non-hydrogen) atoms. The van der Waals surface area contributed by atoms with Gasteiger partial charge in [0.25, 0.3) is 5.91 Å².